The Balaban J connectivity index is 2.42. The molecule has 5 nitrogen and oxygen atoms in total. The standard InChI is InChI=1S/C12H14ClNO4S/c1-19-7-10(12(16)17)14-11(15)6-18-9-4-2-8(13)3-5-9/h2-5,10H,6-7H2,1H3,(H,14,15)(H,16,17). The molecule has 0 aliphatic rings. The molecular formula is C12H14ClNO4S. The molecule has 0 bridgehead atoms. The first-order chi connectivity index (χ1) is 9.02. The van der Waals surface area contributed by atoms with E-state index in [-0.39, 0.29) is 6.61 Å². The molecule has 0 saturated heterocycles. The molecule has 1 aromatic rings. The van der Waals surface area contributed by atoms with Gasteiger partial charge in [0.05, 0.1) is 0 Å². The van der Waals surface area contributed by atoms with E-state index < -0.39 is 17.9 Å². The van der Waals surface area contributed by atoms with Crippen LogP contribution in [-0.4, -0.2) is 41.6 Å². The smallest absolute Gasteiger partial charge is 0.327 e. The molecule has 1 rings (SSSR count). The Morgan fingerprint density at radius 1 is 1.42 bits per heavy atom. The second-order valence-electron chi connectivity index (χ2n) is 3.66. The van der Waals surface area contributed by atoms with E-state index in [1.165, 1.54) is 11.8 Å². The summed E-state index contributed by atoms with van der Waals surface area (Å²) >= 11 is 7.06. The Morgan fingerprint density at radius 2 is 2.05 bits per heavy atom. The van der Waals surface area contributed by atoms with Crippen LogP contribution in [0.4, 0.5) is 0 Å². The molecule has 0 saturated carbocycles. The van der Waals surface area contributed by atoms with E-state index in [1.807, 2.05) is 0 Å². The third-order valence-electron chi connectivity index (χ3n) is 2.15. The molecule has 1 amide bonds. The highest BCUT2D eigenvalue weighted by molar-refractivity contribution is 7.98. The maximum atomic E-state index is 11.5. The molecule has 1 aromatic carbocycles. The van der Waals surface area contributed by atoms with Crippen LogP contribution < -0.4 is 10.1 Å². The number of aliphatic carboxylic acids is 1. The summed E-state index contributed by atoms with van der Waals surface area (Å²) in [5, 5.41) is 11.8. The largest absolute Gasteiger partial charge is 0.484 e. The average Bonchev–Trinajstić information content (AvgIpc) is 2.37. The molecule has 19 heavy (non-hydrogen) atoms. The van der Waals surface area contributed by atoms with Gasteiger partial charge in [0, 0.05) is 10.8 Å². The Bertz CT molecular complexity index is 438. The Hall–Kier alpha value is -1.40. The zero-order valence-electron chi connectivity index (χ0n) is 10.3. The number of ether oxygens (including phenoxy) is 1. The van der Waals surface area contributed by atoms with Gasteiger partial charge < -0.3 is 15.2 Å². The van der Waals surface area contributed by atoms with E-state index in [0.717, 1.165) is 0 Å². The summed E-state index contributed by atoms with van der Waals surface area (Å²) in [7, 11) is 0. The Labute approximate surface area is 120 Å². The number of thioether (sulfide) groups is 1. The lowest BCUT2D eigenvalue weighted by Crippen LogP contribution is -2.44. The first kappa shape index (κ1) is 15.7. The van der Waals surface area contributed by atoms with Gasteiger partial charge in [-0.15, -0.1) is 0 Å². The summed E-state index contributed by atoms with van der Waals surface area (Å²) in [4.78, 5) is 22.4. The van der Waals surface area contributed by atoms with Crippen molar-refractivity contribution in [2.75, 3.05) is 18.6 Å². The molecule has 1 atom stereocenters. The van der Waals surface area contributed by atoms with Gasteiger partial charge in [-0.2, -0.15) is 11.8 Å². The molecule has 2 N–H and O–H groups in total. The fraction of sp³-hybridized carbons (Fsp3) is 0.333. The van der Waals surface area contributed by atoms with Gasteiger partial charge in [-0.3, -0.25) is 4.79 Å². The predicted molar refractivity (Wildman–Crippen MR) is 74.9 cm³/mol. The van der Waals surface area contributed by atoms with Crippen molar-refractivity contribution in [2.45, 2.75) is 6.04 Å². The molecular weight excluding hydrogens is 290 g/mol. The zero-order valence-corrected chi connectivity index (χ0v) is 11.8. The predicted octanol–water partition coefficient (Wildman–Crippen LogP) is 1.65. The third-order valence-corrected chi connectivity index (χ3v) is 3.07. The van der Waals surface area contributed by atoms with E-state index in [2.05, 4.69) is 5.32 Å². The second kappa shape index (κ2) is 7.91. The average molecular weight is 304 g/mol. The molecule has 0 aliphatic heterocycles. The third kappa shape index (κ3) is 5.85. The topological polar surface area (TPSA) is 75.6 Å². The van der Waals surface area contributed by atoms with Gasteiger partial charge in [0.2, 0.25) is 0 Å². The number of hydrogen-bond acceptors (Lipinski definition) is 4. The number of amides is 1. The van der Waals surface area contributed by atoms with E-state index in [4.69, 9.17) is 21.4 Å². The van der Waals surface area contributed by atoms with Gasteiger partial charge in [0.25, 0.3) is 5.91 Å². The Kier molecular flexibility index (Phi) is 6.52. The van der Waals surface area contributed by atoms with Crippen molar-refractivity contribution >= 4 is 35.2 Å². The van der Waals surface area contributed by atoms with Gasteiger partial charge in [0.15, 0.2) is 6.61 Å². The van der Waals surface area contributed by atoms with Gasteiger partial charge in [-0.1, -0.05) is 11.6 Å². The summed E-state index contributed by atoms with van der Waals surface area (Å²) in [5.41, 5.74) is 0. The molecule has 0 aromatic heterocycles. The lowest BCUT2D eigenvalue weighted by atomic mass is 10.3. The molecule has 7 heteroatoms. The van der Waals surface area contributed by atoms with Crippen LogP contribution in [0.5, 0.6) is 5.75 Å². The van der Waals surface area contributed by atoms with Crippen LogP contribution in [0.15, 0.2) is 24.3 Å². The zero-order chi connectivity index (χ0) is 14.3. The molecule has 0 heterocycles. The van der Waals surface area contributed by atoms with Crippen molar-refractivity contribution in [1.82, 2.24) is 5.32 Å². The fourth-order valence-electron chi connectivity index (χ4n) is 1.26. The minimum atomic E-state index is -1.06. The monoisotopic (exact) mass is 303 g/mol. The molecule has 0 spiro atoms. The number of carbonyl (C=O) groups is 2. The maximum Gasteiger partial charge on any atom is 0.327 e. The molecule has 104 valence electrons. The second-order valence-corrected chi connectivity index (χ2v) is 5.00. The van der Waals surface area contributed by atoms with Crippen molar-refractivity contribution in [3.05, 3.63) is 29.3 Å². The lowest BCUT2D eigenvalue weighted by molar-refractivity contribution is -0.141. The van der Waals surface area contributed by atoms with E-state index in [0.29, 0.717) is 16.5 Å². The number of carboxylic acid groups (broad SMARTS) is 1. The first-order valence-electron chi connectivity index (χ1n) is 5.42. The SMILES string of the molecule is CSCC(NC(=O)COc1ccc(Cl)cc1)C(=O)O. The van der Waals surface area contributed by atoms with Crippen LogP contribution in [0.2, 0.25) is 5.02 Å². The normalized spacial score (nSPS) is 11.7. The fourth-order valence-corrected chi connectivity index (χ4v) is 1.94. The van der Waals surface area contributed by atoms with E-state index in [1.54, 1.807) is 30.5 Å². The minimum absolute atomic E-state index is 0.236. The van der Waals surface area contributed by atoms with Crippen LogP contribution in [-0.2, 0) is 9.59 Å². The summed E-state index contributed by atoms with van der Waals surface area (Å²) in [5.74, 6) is -0.732. The van der Waals surface area contributed by atoms with Gasteiger partial charge in [-0.05, 0) is 30.5 Å². The Morgan fingerprint density at radius 3 is 2.58 bits per heavy atom. The van der Waals surface area contributed by atoms with Gasteiger partial charge in [0.1, 0.15) is 11.8 Å². The molecule has 0 radical (unpaired) electrons. The highest BCUT2D eigenvalue weighted by atomic mass is 35.5. The number of halogens is 1. The lowest BCUT2D eigenvalue weighted by Gasteiger charge is -2.13. The minimum Gasteiger partial charge on any atom is -0.484 e. The van der Waals surface area contributed by atoms with E-state index >= 15 is 0 Å². The van der Waals surface area contributed by atoms with Crippen LogP contribution in [0.3, 0.4) is 0 Å². The van der Waals surface area contributed by atoms with Crippen LogP contribution in [0, 0.1) is 0 Å². The molecule has 1 unspecified atom stereocenters. The highest BCUT2D eigenvalue weighted by Crippen LogP contribution is 2.15. The van der Waals surface area contributed by atoms with Crippen LogP contribution in [0.25, 0.3) is 0 Å². The number of carboxylic acids is 1. The summed E-state index contributed by atoms with van der Waals surface area (Å²) in [6.07, 6.45) is 1.77. The van der Waals surface area contributed by atoms with Crippen molar-refractivity contribution < 1.29 is 19.4 Å². The van der Waals surface area contributed by atoms with Gasteiger partial charge in [-0.25, -0.2) is 4.79 Å². The number of nitrogens with one attached hydrogen (secondary N) is 1. The first-order valence-corrected chi connectivity index (χ1v) is 7.19. The summed E-state index contributed by atoms with van der Waals surface area (Å²) < 4.78 is 5.21. The molecule has 0 fully saturated rings. The number of benzene rings is 1. The van der Waals surface area contributed by atoms with Crippen molar-refractivity contribution in [1.29, 1.82) is 0 Å². The highest BCUT2D eigenvalue weighted by Gasteiger charge is 2.19. The molecule has 0 aliphatic carbocycles. The quantitative estimate of drug-likeness (QED) is 0.801. The number of carbonyl (C=O) groups excluding carboxylic acids is 1. The van der Waals surface area contributed by atoms with Crippen LogP contribution >= 0.6 is 23.4 Å². The number of hydrogen-bond donors (Lipinski definition) is 2. The maximum absolute atomic E-state index is 11.5. The summed E-state index contributed by atoms with van der Waals surface area (Å²) in [6, 6.07) is 5.64. The summed E-state index contributed by atoms with van der Waals surface area (Å²) in [6.45, 7) is -0.236. The van der Waals surface area contributed by atoms with E-state index in [9.17, 15) is 9.59 Å². The van der Waals surface area contributed by atoms with Crippen molar-refractivity contribution in [3.8, 4) is 5.75 Å². The van der Waals surface area contributed by atoms with Crippen molar-refractivity contribution in [3.63, 3.8) is 0 Å². The van der Waals surface area contributed by atoms with Crippen LogP contribution in [0.1, 0.15) is 0 Å². The van der Waals surface area contributed by atoms with Gasteiger partial charge >= 0.3 is 5.97 Å². The number of rotatable bonds is 7. The van der Waals surface area contributed by atoms with Crippen molar-refractivity contribution in [2.24, 2.45) is 0 Å².